The highest BCUT2D eigenvalue weighted by Crippen LogP contribution is 2.35. The van der Waals surface area contributed by atoms with Crippen LogP contribution in [0.3, 0.4) is 0 Å². The number of allylic oxidation sites excluding steroid dienone is 1. The Kier molecular flexibility index (Phi) is 6.32. The minimum atomic E-state index is -0.606. The second kappa shape index (κ2) is 8.66. The lowest BCUT2D eigenvalue weighted by Crippen LogP contribution is -2.07. The van der Waals surface area contributed by atoms with Crippen LogP contribution in [0.2, 0.25) is 0 Å². The molecule has 0 aliphatic carbocycles. The third-order valence-electron chi connectivity index (χ3n) is 3.51. The molecule has 136 valence electrons. The normalized spacial score (nSPS) is 10.6. The highest BCUT2D eigenvalue weighted by atomic mass is 16.6. The maximum Gasteiger partial charge on any atom is 0.284 e. The summed E-state index contributed by atoms with van der Waals surface area (Å²) in [4.78, 5) is 24.8. The molecule has 0 saturated carbocycles. The van der Waals surface area contributed by atoms with Gasteiger partial charge in [0.15, 0.2) is 17.3 Å². The molecule has 2 aromatic carbocycles. The third kappa shape index (κ3) is 4.83. The first kappa shape index (κ1) is 19.0. The number of methoxy groups -OCH3 is 1. The van der Waals surface area contributed by atoms with Gasteiger partial charge in [-0.25, -0.2) is 0 Å². The van der Waals surface area contributed by atoms with Crippen molar-refractivity contribution in [3.05, 3.63) is 76.0 Å². The molecule has 0 radical (unpaired) electrons. The van der Waals surface area contributed by atoms with Crippen LogP contribution < -0.4 is 9.47 Å². The van der Waals surface area contributed by atoms with Crippen molar-refractivity contribution in [3.8, 4) is 11.5 Å². The highest BCUT2D eigenvalue weighted by molar-refractivity contribution is 6.07. The zero-order chi connectivity index (χ0) is 19.1. The van der Waals surface area contributed by atoms with Crippen LogP contribution in [0.5, 0.6) is 11.5 Å². The lowest BCUT2D eigenvalue weighted by Gasteiger charge is -2.12. The molecule has 0 heterocycles. The van der Waals surface area contributed by atoms with Crippen LogP contribution in [0.25, 0.3) is 0 Å². The van der Waals surface area contributed by atoms with Gasteiger partial charge in [0.2, 0.25) is 0 Å². The van der Waals surface area contributed by atoms with Crippen LogP contribution in [0.1, 0.15) is 15.9 Å². The van der Waals surface area contributed by atoms with Gasteiger partial charge in [0.05, 0.1) is 18.1 Å². The topological polar surface area (TPSA) is 81.9 Å². The summed E-state index contributed by atoms with van der Waals surface area (Å²) in [6.07, 6.45) is 2.80. The zero-order valence-corrected chi connectivity index (χ0v) is 14.8. The van der Waals surface area contributed by atoms with Crippen molar-refractivity contribution in [3.63, 3.8) is 0 Å². The second-order valence-electron chi connectivity index (χ2n) is 5.70. The lowest BCUT2D eigenvalue weighted by atomic mass is 10.1. The summed E-state index contributed by atoms with van der Waals surface area (Å²) in [6, 6.07) is 11.9. The fraction of sp³-hybridized carbons (Fsp3) is 0.211. The number of hydrogen-bond acceptors (Lipinski definition) is 6. The van der Waals surface area contributed by atoms with Gasteiger partial charge in [0, 0.05) is 32.4 Å². The van der Waals surface area contributed by atoms with Gasteiger partial charge in [0.1, 0.15) is 12.2 Å². The molecule has 0 atom stereocenters. The van der Waals surface area contributed by atoms with Gasteiger partial charge in [-0.3, -0.25) is 14.9 Å². The van der Waals surface area contributed by atoms with Gasteiger partial charge in [0.25, 0.3) is 5.69 Å². The Balaban J connectivity index is 2.36. The summed E-state index contributed by atoms with van der Waals surface area (Å²) in [5, 5.41) is 11.4. The Labute approximate surface area is 151 Å². The van der Waals surface area contributed by atoms with Crippen molar-refractivity contribution in [1.82, 2.24) is 4.90 Å². The van der Waals surface area contributed by atoms with E-state index >= 15 is 0 Å². The van der Waals surface area contributed by atoms with Gasteiger partial charge < -0.3 is 14.4 Å². The van der Waals surface area contributed by atoms with Crippen molar-refractivity contribution in [1.29, 1.82) is 0 Å². The summed E-state index contributed by atoms with van der Waals surface area (Å²) in [5.74, 6) is -0.0253. The Morgan fingerprint density at radius 2 is 1.88 bits per heavy atom. The molecule has 0 bridgehead atoms. The fourth-order valence-corrected chi connectivity index (χ4v) is 2.21. The van der Waals surface area contributed by atoms with Crippen molar-refractivity contribution < 1.29 is 19.2 Å². The summed E-state index contributed by atoms with van der Waals surface area (Å²) in [7, 11) is 4.92. The number of benzene rings is 2. The van der Waals surface area contributed by atoms with E-state index in [0.717, 1.165) is 5.56 Å². The van der Waals surface area contributed by atoms with Gasteiger partial charge >= 0.3 is 0 Å². The Hall–Kier alpha value is -3.35. The Morgan fingerprint density at radius 3 is 2.46 bits per heavy atom. The smallest absolute Gasteiger partial charge is 0.284 e. The molecule has 0 N–H and O–H groups in total. The van der Waals surface area contributed by atoms with E-state index in [9.17, 15) is 14.9 Å². The molecule has 26 heavy (non-hydrogen) atoms. The summed E-state index contributed by atoms with van der Waals surface area (Å²) < 4.78 is 10.9. The van der Waals surface area contributed by atoms with Gasteiger partial charge in [-0.1, -0.05) is 30.3 Å². The highest BCUT2D eigenvalue weighted by Gasteiger charge is 2.23. The number of ether oxygens (including phenoxy) is 2. The monoisotopic (exact) mass is 356 g/mol. The van der Waals surface area contributed by atoms with Crippen LogP contribution >= 0.6 is 0 Å². The molecule has 7 nitrogen and oxygen atoms in total. The average molecular weight is 356 g/mol. The predicted octanol–water partition coefficient (Wildman–Crippen LogP) is 3.44. The lowest BCUT2D eigenvalue weighted by molar-refractivity contribution is -0.385. The Bertz CT molecular complexity index is 816. The number of rotatable bonds is 8. The molecule has 0 amide bonds. The third-order valence-corrected chi connectivity index (χ3v) is 3.51. The number of nitro groups is 1. The molecular weight excluding hydrogens is 336 g/mol. The Morgan fingerprint density at radius 1 is 1.19 bits per heavy atom. The number of hydrogen-bond donors (Lipinski definition) is 0. The molecule has 7 heteroatoms. The number of carbonyl (C=O) groups is 1. The maximum absolute atomic E-state index is 12.3. The quantitative estimate of drug-likeness (QED) is 0.312. The number of nitro benzene ring substituents is 1. The molecular formula is C19H20N2O5. The van der Waals surface area contributed by atoms with Crippen LogP contribution in [0.15, 0.2) is 54.7 Å². The fourth-order valence-electron chi connectivity index (χ4n) is 2.21. The average Bonchev–Trinajstić information content (AvgIpc) is 2.64. The van der Waals surface area contributed by atoms with Gasteiger partial charge in [-0.15, -0.1) is 0 Å². The van der Waals surface area contributed by atoms with E-state index in [1.807, 2.05) is 30.3 Å². The van der Waals surface area contributed by atoms with Crippen molar-refractivity contribution in [2.24, 2.45) is 0 Å². The van der Waals surface area contributed by atoms with Crippen LogP contribution in [0.4, 0.5) is 5.69 Å². The van der Waals surface area contributed by atoms with Crippen LogP contribution in [0, 0.1) is 10.1 Å². The van der Waals surface area contributed by atoms with Gasteiger partial charge in [-0.05, 0) is 5.56 Å². The van der Waals surface area contributed by atoms with Gasteiger partial charge in [-0.2, -0.15) is 0 Å². The summed E-state index contributed by atoms with van der Waals surface area (Å²) in [5.41, 5.74) is 0.519. The van der Waals surface area contributed by atoms with Crippen molar-refractivity contribution in [2.45, 2.75) is 6.61 Å². The molecule has 0 aliphatic rings. The first-order chi connectivity index (χ1) is 12.4. The molecule has 0 aliphatic heterocycles. The van der Waals surface area contributed by atoms with E-state index < -0.39 is 10.7 Å². The zero-order valence-electron chi connectivity index (χ0n) is 14.8. The van der Waals surface area contributed by atoms with E-state index in [1.54, 1.807) is 19.0 Å². The molecule has 0 unspecified atom stereocenters. The predicted molar refractivity (Wildman–Crippen MR) is 97.6 cm³/mol. The molecule has 0 fully saturated rings. The standard InChI is InChI=1S/C19H20N2O5/c1-20(2)10-9-17(22)15-11-18(25-3)19(12-16(15)21(23)24)26-13-14-7-5-4-6-8-14/h4-12H,13H2,1-3H3/b10-9+. The summed E-state index contributed by atoms with van der Waals surface area (Å²) in [6.45, 7) is 0.224. The van der Waals surface area contributed by atoms with Crippen LogP contribution in [-0.4, -0.2) is 36.8 Å². The first-order valence-corrected chi connectivity index (χ1v) is 7.84. The number of ketones is 1. The molecule has 0 spiro atoms. The van der Waals surface area contributed by atoms with Crippen molar-refractivity contribution in [2.75, 3.05) is 21.2 Å². The second-order valence-corrected chi connectivity index (χ2v) is 5.70. The summed E-state index contributed by atoms with van der Waals surface area (Å²) >= 11 is 0. The number of carbonyl (C=O) groups excluding carboxylic acids is 1. The van der Waals surface area contributed by atoms with E-state index in [-0.39, 0.29) is 29.4 Å². The number of nitrogens with zero attached hydrogens (tertiary/aromatic N) is 2. The van der Waals surface area contributed by atoms with E-state index in [1.165, 1.54) is 31.5 Å². The maximum atomic E-state index is 12.3. The SMILES string of the molecule is COc1cc(C(=O)/C=C/N(C)C)c([N+](=O)[O-])cc1OCc1ccccc1. The van der Waals surface area contributed by atoms with Crippen LogP contribution in [-0.2, 0) is 6.61 Å². The molecule has 2 aromatic rings. The first-order valence-electron chi connectivity index (χ1n) is 7.84. The minimum absolute atomic E-state index is 0.0583. The van der Waals surface area contributed by atoms with E-state index in [2.05, 4.69) is 0 Å². The molecule has 0 saturated heterocycles. The van der Waals surface area contributed by atoms with E-state index in [0.29, 0.717) is 0 Å². The van der Waals surface area contributed by atoms with Crippen molar-refractivity contribution >= 4 is 11.5 Å². The van der Waals surface area contributed by atoms with E-state index in [4.69, 9.17) is 9.47 Å². The molecule has 2 rings (SSSR count). The molecule has 0 aromatic heterocycles. The largest absolute Gasteiger partial charge is 0.493 e. The minimum Gasteiger partial charge on any atom is -0.493 e.